The molecule has 1 aliphatic heterocycles. The van der Waals surface area contributed by atoms with Gasteiger partial charge < -0.3 is 19.5 Å². The van der Waals surface area contributed by atoms with E-state index in [1.807, 2.05) is 52.0 Å². The predicted molar refractivity (Wildman–Crippen MR) is 128 cm³/mol. The monoisotopic (exact) mass is 452 g/mol. The second-order valence-corrected chi connectivity index (χ2v) is 7.82. The quantitative estimate of drug-likeness (QED) is 0.378. The van der Waals surface area contributed by atoms with Crippen molar-refractivity contribution in [3.05, 3.63) is 59.8 Å². The molecule has 0 saturated carbocycles. The summed E-state index contributed by atoms with van der Waals surface area (Å²) >= 11 is 0. The molecule has 1 aliphatic rings. The van der Waals surface area contributed by atoms with Crippen LogP contribution in [0, 0.1) is 0 Å². The molecule has 3 rings (SSSR count). The highest BCUT2D eigenvalue weighted by molar-refractivity contribution is 6.36. The van der Waals surface area contributed by atoms with Gasteiger partial charge in [0.2, 0.25) is 0 Å². The van der Waals surface area contributed by atoms with Gasteiger partial charge >= 0.3 is 0 Å². The van der Waals surface area contributed by atoms with Crippen LogP contribution in [-0.2, 0) is 14.3 Å². The van der Waals surface area contributed by atoms with Crippen molar-refractivity contribution >= 4 is 23.1 Å². The average Bonchev–Trinajstić information content (AvgIpc) is 3.03. The van der Waals surface area contributed by atoms with Gasteiger partial charge in [0.1, 0.15) is 17.2 Å². The normalized spacial score (nSPS) is 13.8. The molecular weight excluding hydrogens is 420 g/mol. The van der Waals surface area contributed by atoms with Crippen molar-refractivity contribution in [1.82, 2.24) is 4.90 Å². The lowest BCUT2D eigenvalue weighted by molar-refractivity contribution is -0.137. The van der Waals surface area contributed by atoms with Gasteiger partial charge in [-0.05, 0) is 76.1 Å². The molecule has 1 heterocycles. The Kier molecular flexibility index (Phi) is 8.49. The van der Waals surface area contributed by atoms with Crippen LogP contribution in [-0.4, -0.2) is 49.2 Å². The van der Waals surface area contributed by atoms with Gasteiger partial charge in [0.05, 0.1) is 24.9 Å². The van der Waals surface area contributed by atoms with Crippen LogP contribution >= 0.6 is 0 Å². The lowest BCUT2D eigenvalue weighted by Crippen LogP contribution is -2.34. The number of hydrogen-bond donors (Lipinski definition) is 1. The molecule has 0 unspecified atom stereocenters. The van der Waals surface area contributed by atoms with E-state index >= 15 is 0 Å². The zero-order valence-electron chi connectivity index (χ0n) is 19.7. The van der Waals surface area contributed by atoms with Crippen LogP contribution < -0.4 is 14.8 Å². The van der Waals surface area contributed by atoms with Crippen molar-refractivity contribution in [3.63, 3.8) is 0 Å². The van der Waals surface area contributed by atoms with Gasteiger partial charge in [-0.1, -0.05) is 12.1 Å². The average molecular weight is 453 g/mol. The fraction of sp³-hybridized carbons (Fsp3) is 0.385. The second-order valence-electron chi connectivity index (χ2n) is 7.82. The summed E-state index contributed by atoms with van der Waals surface area (Å²) in [6.07, 6.45) is 0.673. The first kappa shape index (κ1) is 24.3. The van der Waals surface area contributed by atoms with Crippen LogP contribution in [0.15, 0.2) is 54.2 Å². The van der Waals surface area contributed by atoms with Gasteiger partial charge in [-0.15, -0.1) is 0 Å². The van der Waals surface area contributed by atoms with Crippen molar-refractivity contribution < 1.29 is 23.8 Å². The molecule has 0 aromatic heterocycles. The standard InChI is InChI=1S/C26H32N2O5/c1-5-31-21-12-8-19(9-13-21)23-24(27-20-10-14-22(15-11-20)32-6-2)26(30)28(25(23)29)16-7-17-33-18(3)4/h8-15,18,27H,5-7,16-17H2,1-4H3. The summed E-state index contributed by atoms with van der Waals surface area (Å²) < 4.78 is 16.6. The molecule has 0 radical (unpaired) electrons. The molecule has 7 heteroatoms. The molecule has 33 heavy (non-hydrogen) atoms. The Labute approximate surface area is 195 Å². The fourth-order valence-corrected chi connectivity index (χ4v) is 3.53. The van der Waals surface area contributed by atoms with Gasteiger partial charge in [-0.3, -0.25) is 14.5 Å². The van der Waals surface area contributed by atoms with Crippen LogP contribution in [0.4, 0.5) is 5.69 Å². The third-order valence-corrected chi connectivity index (χ3v) is 5.03. The lowest BCUT2D eigenvalue weighted by Gasteiger charge is -2.16. The summed E-state index contributed by atoms with van der Waals surface area (Å²) in [5, 5.41) is 3.17. The third-order valence-electron chi connectivity index (χ3n) is 5.03. The van der Waals surface area contributed by atoms with E-state index in [9.17, 15) is 9.59 Å². The predicted octanol–water partition coefficient (Wildman–Crippen LogP) is 4.49. The van der Waals surface area contributed by atoms with Gasteiger partial charge in [0.25, 0.3) is 11.8 Å². The number of nitrogens with zero attached hydrogens (tertiary/aromatic N) is 1. The Balaban J connectivity index is 1.87. The van der Waals surface area contributed by atoms with Crippen molar-refractivity contribution in [1.29, 1.82) is 0 Å². The van der Waals surface area contributed by atoms with E-state index < -0.39 is 0 Å². The van der Waals surface area contributed by atoms with Gasteiger partial charge in [-0.2, -0.15) is 0 Å². The molecule has 0 fully saturated rings. The SMILES string of the molecule is CCOc1ccc(NC2=C(c3ccc(OCC)cc3)C(=O)N(CCCOC(C)C)C2=O)cc1. The highest BCUT2D eigenvalue weighted by Crippen LogP contribution is 2.32. The summed E-state index contributed by atoms with van der Waals surface area (Å²) in [5.74, 6) is 0.788. The van der Waals surface area contributed by atoms with Crippen LogP contribution in [0.25, 0.3) is 5.57 Å². The van der Waals surface area contributed by atoms with Gasteiger partial charge in [0.15, 0.2) is 0 Å². The number of nitrogens with one attached hydrogen (secondary N) is 1. The molecule has 0 aliphatic carbocycles. The van der Waals surface area contributed by atoms with Gasteiger partial charge in [0, 0.05) is 18.8 Å². The number of hydrogen-bond acceptors (Lipinski definition) is 6. The zero-order valence-corrected chi connectivity index (χ0v) is 19.7. The first-order valence-corrected chi connectivity index (χ1v) is 11.4. The van der Waals surface area contributed by atoms with E-state index in [1.165, 1.54) is 4.90 Å². The summed E-state index contributed by atoms with van der Waals surface area (Å²) in [6, 6.07) is 14.5. The molecule has 2 aromatic rings. The molecule has 2 amide bonds. The summed E-state index contributed by atoms with van der Waals surface area (Å²) in [4.78, 5) is 27.9. The third kappa shape index (κ3) is 6.14. The van der Waals surface area contributed by atoms with Crippen molar-refractivity contribution in [2.75, 3.05) is 31.7 Å². The highest BCUT2D eigenvalue weighted by Gasteiger charge is 2.38. The maximum atomic E-state index is 13.3. The maximum absolute atomic E-state index is 13.3. The molecule has 176 valence electrons. The van der Waals surface area contributed by atoms with Crippen molar-refractivity contribution in [3.8, 4) is 11.5 Å². The fourth-order valence-electron chi connectivity index (χ4n) is 3.53. The Hall–Kier alpha value is -3.32. The van der Waals surface area contributed by atoms with E-state index in [0.717, 1.165) is 5.75 Å². The zero-order chi connectivity index (χ0) is 23.8. The van der Waals surface area contributed by atoms with Gasteiger partial charge in [-0.25, -0.2) is 0 Å². The molecule has 0 saturated heterocycles. The van der Waals surface area contributed by atoms with Crippen molar-refractivity contribution in [2.45, 2.75) is 40.2 Å². The number of ether oxygens (including phenoxy) is 3. The summed E-state index contributed by atoms with van der Waals surface area (Å²) in [7, 11) is 0. The summed E-state index contributed by atoms with van der Waals surface area (Å²) in [5.41, 5.74) is 1.97. The first-order valence-electron chi connectivity index (χ1n) is 11.4. The minimum absolute atomic E-state index is 0.101. The topological polar surface area (TPSA) is 77.1 Å². The van der Waals surface area contributed by atoms with Crippen LogP contribution in [0.3, 0.4) is 0 Å². The number of carbonyl (C=O) groups excluding carboxylic acids is 2. The smallest absolute Gasteiger partial charge is 0.278 e. The molecule has 2 aromatic carbocycles. The number of benzene rings is 2. The van der Waals surface area contributed by atoms with Crippen LogP contribution in [0.1, 0.15) is 39.7 Å². The van der Waals surface area contributed by atoms with E-state index in [1.54, 1.807) is 24.3 Å². The first-order chi connectivity index (χ1) is 15.9. The molecule has 0 bridgehead atoms. The maximum Gasteiger partial charge on any atom is 0.278 e. The number of anilines is 1. The molecule has 0 spiro atoms. The molecule has 0 atom stereocenters. The van der Waals surface area contributed by atoms with E-state index in [2.05, 4.69) is 5.32 Å². The minimum Gasteiger partial charge on any atom is -0.494 e. The number of imide groups is 1. The van der Waals surface area contributed by atoms with Crippen LogP contribution in [0.5, 0.6) is 11.5 Å². The molecule has 7 nitrogen and oxygen atoms in total. The Morgan fingerprint density at radius 1 is 0.848 bits per heavy atom. The van der Waals surface area contributed by atoms with E-state index in [0.29, 0.717) is 55.4 Å². The number of rotatable bonds is 12. The summed E-state index contributed by atoms with van der Waals surface area (Å²) in [6.45, 7) is 9.64. The van der Waals surface area contributed by atoms with E-state index in [-0.39, 0.29) is 23.6 Å². The van der Waals surface area contributed by atoms with Crippen molar-refractivity contribution in [2.24, 2.45) is 0 Å². The number of amides is 2. The Morgan fingerprint density at radius 2 is 1.42 bits per heavy atom. The Bertz CT molecular complexity index is 981. The Morgan fingerprint density at radius 3 is 1.97 bits per heavy atom. The second kappa shape index (κ2) is 11.5. The highest BCUT2D eigenvalue weighted by atomic mass is 16.5. The van der Waals surface area contributed by atoms with E-state index in [4.69, 9.17) is 14.2 Å². The lowest BCUT2D eigenvalue weighted by atomic mass is 10.0. The molecule has 1 N–H and O–H groups in total. The van der Waals surface area contributed by atoms with Crippen LogP contribution in [0.2, 0.25) is 0 Å². The number of carbonyl (C=O) groups is 2. The minimum atomic E-state index is -0.345. The largest absolute Gasteiger partial charge is 0.494 e. The molecular formula is C26H32N2O5.